The first kappa shape index (κ1) is 18.6. The molecule has 1 aliphatic rings. The second-order valence-electron chi connectivity index (χ2n) is 5.94. The van der Waals surface area contributed by atoms with Crippen LogP contribution in [0, 0.1) is 5.92 Å². The van der Waals surface area contributed by atoms with Crippen molar-refractivity contribution in [2.24, 2.45) is 5.92 Å². The molecule has 0 radical (unpaired) electrons. The molecule has 1 heterocycles. The van der Waals surface area contributed by atoms with Crippen LogP contribution in [0.15, 0.2) is 47.4 Å². The van der Waals surface area contributed by atoms with Crippen molar-refractivity contribution in [1.82, 2.24) is 0 Å². The minimum atomic E-state index is -0.427. The summed E-state index contributed by atoms with van der Waals surface area (Å²) in [5.41, 5.74) is 1.32. The highest BCUT2D eigenvalue weighted by Gasteiger charge is 2.36. The van der Waals surface area contributed by atoms with Crippen LogP contribution in [-0.2, 0) is 9.59 Å². The van der Waals surface area contributed by atoms with E-state index in [0.29, 0.717) is 23.0 Å². The SMILES string of the molecule is COc1ccc(Cl)cc1N1CC(C(=O)Nc2cccc(SC)c2)CC1=O. The fraction of sp³-hybridized carbons (Fsp3) is 0.263. The van der Waals surface area contributed by atoms with E-state index in [0.717, 1.165) is 10.6 Å². The van der Waals surface area contributed by atoms with Gasteiger partial charge in [-0.25, -0.2) is 0 Å². The zero-order valence-corrected chi connectivity index (χ0v) is 16.1. The molecule has 0 bridgehead atoms. The van der Waals surface area contributed by atoms with E-state index in [1.807, 2.05) is 30.5 Å². The molecule has 1 aliphatic heterocycles. The van der Waals surface area contributed by atoms with Crippen LogP contribution >= 0.6 is 23.4 Å². The smallest absolute Gasteiger partial charge is 0.229 e. The number of anilines is 2. The van der Waals surface area contributed by atoms with Crippen molar-refractivity contribution in [2.45, 2.75) is 11.3 Å². The summed E-state index contributed by atoms with van der Waals surface area (Å²) in [6, 6.07) is 12.7. The molecule has 0 aliphatic carbocycles. The Hall–Kier alpha value is -2.18. The molecular weight excluding hydrogens is 372 g/mol. The minimum absolute atomic E-state index is 0.122. The summed E-state index contributed by atoms with van der Waals surface area (Å²) in [5.74, 6) is -0.163. The number of halogens is 1. The maximum atomic E-state index is 12.6. The van der Waals surface area contributed by atoms with Gasteiger partial charge in [0.05, 0.1) is 18.7 Å². The van der Waals surface area contributed by atoms with Crippen LogP contribution in [0.3, 0.4) is 0 Å². The summed E-state index contributed by atoms with van der Waals surface area (Å²) in [7, 11) is 1.54. The fourth-order valence-corrected chi connectivity index (χ4v) is 3.56. The highest BCUT2D eigenvalue weighted by atomic mass is 35.5. The zero-order chi connectivity index (χ0) is 18.7. The van der Waals surface area contributed by atoms with Gasteiger partial charge in [0.25, 0.3) is 0 Å². The fourth-order valence-electron chi connectivity index (χ4n) is 2.94. The van der Waals surface area contributed by atoms with Gasteiger partial charge in [-0.15, -0.1) is 11.8 Å². The van der Waals surface area contributed by atoms with Gasteiger partial charge in [-0.1, -0.05) is 17.7 Å². The van der Waals surface area contributed by atoms with Crippen molar-refractivity contribution in [3.63, 3.8) is 0 Å². The number of hydrogen-bond acceptors (Lipinski definition) is 4. The van der Waals surface area contributed by atoms with Gasteiger partial charge in [0.15, 0.2) is 0 Å². The molecule has 0 saturated carbocycles. The van der Waals surface area contributed by atoms with Gasteiger partial charge in [-0.3, -0.25) is 9.59 Å². The first-order valence-corrected chi connectivity index (χ1v) is 9.71. The number of amides is 2. The molecule has 2 aromatic carbocycles. The third-order valence-corrected chi connectivity index (χ3v) is 5.23. The van der Waals surface area contributed by atoms with Crippen molar-refractivity contribution in [3.8, 4) is 5.75 Å². The Morgan fingerprint density at radius 1 is 1.31 bits per heavy atom. The number of carbonyl (C=O) groups is 2. The van der Waals surface area contributed by atoms with Crippen molar-refractivity contribution >= 4 is 46.6 Å². The monoisotopic (exact) mass is 390 g/mol. The van der Waals surface area contributed by atoms with Crippen LogP contribution in [-0.4, -0.2) is 31.7 Å². The highest BCUT2D eigenvalue weighted by Crippen LogP contribution is 2.35. The van der Waals surface area contributed by atoms with Gasteiger partial charge in [-0.2, -0.15) is 0 Å². The molecule has 7 heteroatoms. The van der Waals surface area contributed by atoms with E-state index in [2.05, 4.69) is 5.32 Å². The number of thioether (sulfide) groups is 1. The van der Waals surface area contributed by atoms with E-state index in [1.165, 1.54) is 7.11 Å². The summed E-state index contributed by atoms with van der Waals surface area (Å²) in [6.45, 7) is 0.295. The summed E-state index contributed by atoms with van der Waals surface area (Å²) in [6.07, 6.45) is 2.14. The second-order valence-corrected chi connectivity index (χ2v) is 7.26. The molecule has 0 aromatic heterocycles. The zero-order valence-electron chi connectivity index (χ0n) is 14.5. The Morgan fingerprint density at radius 3 is 2.85 bits per heavy atom. The van der Waals surface area contributed by atoms with Gasteiger partial charge >= 0.3 is 0 Å². The van der Waals surface area contributed by atoms with E-state index < -0.39 is 5.92 Å². The lowest BCUT2D eigenvalue weighted by Crippen LogP contribution is -2.28. The van der Waals surface area contributed by atoms with Crippen molar-refractivity contribution in [3.05, 3.63) is 47.5 Å². The van der Waals surface area contributed by atoms with Crippen molar-refractivity contribution in [2.75, 3.05) is 30.1 Å². The highest BCUT2D eigenvalue weighted by molar-refractivity contribution is 7.98. The Kier molecular flexibility index (Phi) is 5.74. The maximum absolute atomic E-state index is 12.6. The topological polar surface area (TPSA) is 58.6 Å². The second kappa shape index (κ2) is 8.01. The van der Waals surface area contributed by atoms with Crippen LogP contribution in [0.5, 0.6) is 5.75 Å². The molecule has 1 unspecified atom stereocenters. The third kappa shape index (κ3) is 3.97. The number of carbonyl (C=O) groups excluding carboxylic acids is 2. The van der Waals surface area contributed by atoms with Crippen LogP contribution in [0.4, 0.5) is 11.4 Å². The van der Waals surface area contributed by atoms with Gasteiger partial charge in [0.1, 0.15) is 5.75 Å². The molecule has 1 saturated heterocycles. The van der Waals surface area contributed by atoms with Crippen LogP contribution in [0.2, 0.25) is 5.02 Å². The van der Waals surface area contributed by atoms with Gasteiger partial charge < -0.3 is 15.0 Å². The first-order chi connectivity index (χ1) is 12.5. The number of nitrogens with one attached hydrogen (secondary N) is 1. The summed E-state index contributed by atoms with van der Waals surface area (Å²) in [4.78, 5) is 27.7. The lowest BCUT2D eigenvalue weighted by molar-refractivity contribution is -0.122. The molecule has 3 rings (SSSR count). The number of rotatable bonds is 5. The molecule has 1 atom stereocenters. The molecular formula is C19H19ClN2O3S. The minimum Gasteiger partial charge on any atom is -0.495 e. The lowest BCUT2D eigenvalue weighted by Gasteiger charge is -2.20. The standard InChI is InChI=1S/C19H19ClN2O3S/c1-25-17-7-6-13(20)9-16(17)22-11-12(8-18(22)23)19(24)21-14-4-3-5-15(10-14)26-2/h3-7,9-10,12H,8,11H2,1-2H3,(H,21,24). The molecule has 1 fully saturated rings. The molecule has 2 amide bonds. The Labute approximate surface area is 161 Å². The van der Waals surface area contributed by atoms with E-state index in [9.17, 15) is 9.59 Å². The van der Waals surface area contributed by atoms with E-state index in [4.69, 9.17) is 16.3 Å². The summed E-state index contributed by atoms with van der Waals surface area (Å²) >= 11 is 7.67. The molecule has 26 heavy (non-hydrogen) atoms. The van der Waals surface area contributed by atoms with E-state index in [-0.39, 0.29) is 18.2 Å². The Morgan fingerprint density at radius 2 is 2.12 bits per heavy atom. The quantitative estimate of drug-likeness (QED) is 0.782. The summed E-state index contributed by atoms with van der Waals surface area (Å²) < 4.78 is 5.32. The van der Waals surface area contributed by atoms with E-state index in [1.54, 1.807) is 34.9 Å². The number of hydrogen-bond donors (Lipinski definition) is 1. The lowest BCUT2D eigenvalue weighted by atomic mass is 10.1. The number of benzene rings is 2. The van der Waals surface area contributed by atoms with Gasteiger partial charge in [0.2, 0.25) is 11.8 Å². The molecule has 2 aromatic rings. The van der Waals surface area contributed by atoms with E-state index >= 15 is 0 Å². The molecule has 5 nitrogen and oxygen atoms in total. The van der Waals surface area contributed by atoms with Crippen LogP contribution < -0.4 is 15.0 Å². The van der Waals surface area contributed by atoms with Gasteiger partial charge in [-0.05, 0) is 42.7 Å². The van der Waals surface area contributed by atoms with Crippen LogP contribution in [0.1, 0.15) is 6.42 Å². The predicted octanol–water partition coefficient (Wildman–Crippen LogP) is 4.06. The largest absolute Gasteiger partial charge is 0.495 e. The molecule has 136 valence electrons. The number of nitrogens with zero attached hydrogens (tertiary/aromatic N) is 1. The molecule has 0 spiro atoms. The maximum Gasteiger partial charge on any atom is 0.229 e. The average Bonchev–Trinajstić information content (AvgIpc) is 3.03. The third-order valence-electron chi connectivity index (χ3n) is 4.26. The Bertz CT molecular complexity index is 843. The normalized spacial score (nSPS) is 16.7. The van der Waals surface area contributed by atoms with Gasteiger partial charge in [0, 0.05) is 28.6 Å². The predicted molar refractivity (Wildman–Crippen MR) is 105 cm³/mol. The average molecular weight is 391 g/mol. The number of methoxy groups -OCH3 is 1. The van der Waals surface area contributed by atoms with Crippen molar-refractivity contribution < 1.29 is 14.3 Å². The number of ether oxygens (including phenoxy) is 1. The summed E-state index contributed by atoms with van der Waals surface area (Å²) in [5, 5.41) is 3.41. The Balaban J connectivity index is 1.75. The molecule has 1 N–H and O–H groups in total. The van der Waals surface area contributed by atoms with Crippen LogP contribution in [0.25, 0.3) is 0 Å². The first-order valence-electron chi connectivity index (χ1n) is 8.10. The van der Waals surface area contributed by atoms with Crippen molar-refractivity contribution in [1.29, 1.82) is 0 Å².